The standard InChI is InChI=1S/C22H22N2O3/c1-16-8-13-21(26-2)20(14-16)23-17-9-11-18(12-10-17)24-22(25)15-27-19-6-4-3-5-7-19/h3-14,23H,15H2,1-2H3,(H,24,25). The first kappa shape index (κ1) is 18.3. The highest BCUT2D eigenvalue weighted by atomic mass is 16.5. The molecule has 0 heterocycles. The number of hydrogen-bond donors (Lipinski definition) is 2. The van der Waals surface area contributed by atoms with Crippen LogP contribution in [0, 0.1) is 6.92 Å². The van der Waals surface area contributed by atoms with Gasteiger partial charge < -0.3 is 20.1 Å². The molecule has 27 heavy (non-hydrogen) atoms. The Morgan fingerprint density at radius 3 is 2.33 bits per heavy atom. The van der Waals surface area contributed by atoms with Gasteiger partial charge in [0.05, 0.1) is 12.8 Å². The third-order valence-electron chi connectivity index (χ3n) is 3.92. The summed E-state index contributed by atoms with van der Waals surface area (Å²) in [6, 6.07) is 22.7. The van der Waals surface area contributed by atoms with E-state index in [2.05, 4.69) is 10.6 Å². The van der Waals surface area contributed by atoms with Crippen molar-refractivity contribution < 1.29 is 14.3 Å². The van der Waals surface area contributed by atoms with Crippen molar-refractivity contribution in [1.82, 2.24) is 0 Å². The average molecular weight is 362 g/mol. The molecule has 1 amide bonds. The highest BCUT2D eigenvalue weighted by Gasteiger charge is 2.06. The molecule has 0 radical (unpaired) electrons. The van der Waals surface area contributed by atoms with Crippen molar-refractivity contribution in [2.24, 2.45) is 0 Å². The van der Waals surface area contributed by atoms with E-state index in [0.717, 1.165) is 22.7 Å². The van der Waals surface area contributed by atoms with E-state index < -0.39 is 0 Å². The van der Waals surface area contributed by atoms with Crippen LogP contribution >= 0.6 is 0 Å². The maximum absolute atomic E-state index is 12.0. The quantitative estimate of drug-likeness (QED) is 0.636. The van der Waals surface area contributed by atoms with E-state index in [-0.39, 0.29) is 12.5 Å². The lowest BCUT2D eigenvalue weighted by atomic mass is 10.2. The van der Waals surface area contributed by atoms with Gasteiger partial charge in [-0.1, -0.05) is 24.3 Å². The van der Waals surface area contributed by atoms with Gasteiger partial charge in [-0.3, -0.25) is 4.79 Å². The summed E-state index contributed by atoms with van der Waals surface area (Å²) in [5.41, 5.74) is 3.64. The minimum Gasteiger partial charge on any atom is -0.495 e. The van der Waals surface area contributed by atoms with E-state index >= 15 is 0 Å². The number of anilines is 3. The van der Waals surface area contributed by atoms with Gasteiger partial charge in [0.25, 0.3) is 5.91 Å². The summed E-state index contributed by atoms with van der Waals surface area (Å²) < 4.78 is 10.8. The Kier molecular flexibility index (Phi) is 5.94. The zero-order valence-electron chi connectivity index (χ0n) is 15.4. The zero-order chi connectivity index (χ0) is 19.1. The molecule has 5 heteroatoms. The van der Waals surface area contributed by atoms with E-state index in [4.69, 9.17) is 9.47 Å². The molecule has 138 valence electrons. The first-order valence-electron chi connectivity index (χ1n) is 8.63. The fraction of sp³-hybridized carbons (Fsp3) is 0.136. The smallest absolute Gasteiger partial charge is 0.262 e. The number of para-hydroxylation sites is 1. The van der Waals surface area contributed by atoms with Crippen LogP contribution in [0.5, 0.6) is 11.5 Å². The summed E-state index contributed by atoms with van der Waals surface area (Å²) in [5, 5.41) is 6.15. The monoisotopic (exact) mass is 362 g/mol. The number of nitrogens with one attached hydrogen (secondary N) is 2. The SMILES string of the molecule is COc1ccc(C)cc1Nc1ccc(NC(=O)COc2ccccc2)cc1. The minimum atomic E-state index is -0.208. The third kappa shape index (κ3) is 5.25. The number of carbonyl (C=O) groups excluding carboxylic acids is 1. The summed E-state index contributed by atoms with van der Waals surface area (Å²) in [5.74, 6) is 1.23. The topological polar surface area (TPSA) is 59.6 Å². The van der Waals surface area contributed by atoms with E-state index in [1.807, 2.05) is 79.7 Å². The number of amides is 1. The zero-order valence-corrected chi connectivity index (χ0v) is 15.4. The van der Waals surface area contributed by atoms with Crippen molar-refractivity contribution in [3.8, 4) is 11.5 Å². The van der Waals surface area contributed by atoms with Crippen LogP contribution in [0.4, 0.5) is 17.1 Å². The average Bonchev–Trinajstić information content (AvgIpc) is 2.69. The van der Waals surface area contributed by atoms with Gasteiger partial charge in [-0.25, -0.2) is 0 Å². The molecule has 5 nitrogen and oxygen atoms in total. The van der Waals surface area contributed by atoms with Crippen molar-refractivity contribution in [1.29, 1.82) is 0 Å². The molecule has 0 saturated heterocycles. The molecule has 0 aromatic heterocycles. The molecule has 0 bridgehead atoms. The first-order chi connectivity index (χ1) is 13.1. The number of ether oxygens (including phenoxy) is 2. The lowest BCUT2D eigenvalue weighted by Crippen LogP contribution is -2.20. The predicted octanol–water partition coefficient (Wildman–Crippen LogP) is 4.76. The van der Waals surface area contributed by atoms with Gasteiger partial charge in [0.15, 0.2) is 6.61 Å². The molecule has 2 N–H and O–H groups in total. The molecule has 0 aliphatic heterocycles. The number of methoxy groups -OCH3 is 1. The normalized spacial score (nSPS) is 10.1. The summed E-state index contributed by atoms with van der Waals surface area (Å²) in [6.07, 6.45) is 0. The molecule has 0 atom stereocenters. The maximum Gasteiger partial charge on any atom is 0.262 e. The van der Waals surface area contributed by atoms with Crippen LogP contribution in [-0.2, 0) is 4.79 Å². The second-order valence-electron chi connectivity index (χ2n) is 6.06. The molecular formula is C22H22N2O3. The van der Waals surface area contributed by atoms with Crippen molar-refractivity contribution in [2.45, 2.75) is 6.92 Å². The molecule has 0 aliphatic carbocycles. The van der Waals surface area contributed by atoms with E-state index in [1.165, 1.54) is 0 Å². The number of benzene rings is 3. The fourth-order valence-corrected chi connectivity index (χ4v) is 2.57. The second kappa shape index (κ2) is 8.76. The molecular weight excluding hydrogens is 340 g/mol. The largest absolute Gasteiger partial charge is 0.495 e. The number of carbonyl (C=O) groups is 1. The van der Waals surface area contributed by atoms with Crippen LogP contribution in [0.2, 0.25) is 0 Å². The van der Waals surface area contributed by atoms with Crippen LogP contribution in [0.15, 0.2) is 72.8 Å². The lowest BCUT2D eigenvalue weighted by molar-refractivity contribution is -0.118. The Morgan fingerprint density at radius 2 is 1.63 bits per heavy atom. The van der Waals surface area contributed by atoms with Crippen LogP contribution in [0.3, 0.4) is 0 Å². The number of hydrogen-bond acceptors (Lipinski definition) is 4. The fourth-order valence-electron chi connectivity index (χ4n) is 2.57. The van der Waals surface area contributed by atoms with E-state index in [0.29, 0.717) is 11.4 Å². The van der Waals surface area contributed by atoms with Gasteiger partial charge in [-0.05, 0) is 61.0 Å². The Bertz CT molecular complexity index is 893. The van der Waals surface area contributed by atoms with Crippen molar-refractivity contribution >= 4 is 23.0 Å². The van der Waals surface area contributed by atoms with Gasteiger partial charge in [0.2, 0.25) is 0 Å². The number of rotatable bonds is 7. The summed E-state index contributed by atoms with van der Waals surface area (Å²) in [4.78, 5) is 12.0. The molecule has 3 aromatic carbocycles. The molecule has 0 unspecified atom stereocenters. The van der Waals surface area contributed by atoms with Gasteiger partial charge in [-0.2, -0.15) is 0 Å². The maximum atomic E-state index is 12.0. The Hall–Kier alpha value is -3.47. The van der Waals surface area contributed by atoms with Gasteiger partial charge in [-0.15, -0.1) is 0 Å². The molecule has 0 saturated carbocycles. The molecule has 0 spiro atoms. The summed E-state index contributed by atoms with van der Waals surface area (Å²) in [6.45, 7) is 1.99. The van der Waals surface area contributed by atoms with E-state index in [9.17, 15) is 4.79 Å². The number of aryl methyl sites for hydroxylation is 1. The van der Waals surface area contributed by atoms with Crippen molar-refractivity contribution in [2.75, 3.05) is 24.4 Å². The van der Waals surface area contributed by atoms with Crippen molar-refractivity contribution in [3.63, 3.8) is 0 Å². The van der Waals surface area contributed by atoms with Crippen LogP contribution in [0.1, 0.15) is 5.56 Å². The van der Waals surface area contributed by atoms with Gasteiger partial charge in [0, 0.05) is 11.4 Å². The summed E-state index contributed by atoms with van der Waals surface area (Å²) in [7, 11) is 1.64. The third-order valence-corrected chi connectivity index (χ3v) is 3.92. The Labute approximate surface area is 158 Å². The molecule has 0 aliphatic rings. The molecule has 3 aromatic rings. The lowest BCUT2D eigenvalue weighted by Gasteiger charge is -2.13. The molecule has 3 rings (SSSR count). The van der Waals surface area contributed by atoms with Crippen LogP contribution < -0.4 is 20.1 Å². The summed E-state index contributed by atoms with van der Waals surface area (Å²) >= 11 is 0. The van der Waals surface area contributed by atoms with Crippen molar-refractivity contribution in [3.05, 3.63) is 78.4 Å². The second-order valence-corrected chi connectivity index (χ2v) is 6.06. The Balaban J connectivity index is 1.57. The minimum absolute atomic E-state index is 0.0372. The van der Waals surface area contributed by atoms with Crippen LogP contribution in [0.25, 0.3) is 0 Å². The van der Waals surface area contributed by atoms with Gasteiger partial charge in [0.1, 0.15) is 11.5 Å². The predicted molar refractivity (Wildman–Crippen MR) is 108 cm³/mol. The van der Waals surface area contributed by atoms with E-state index in [1.54, 1.807) is 7.11 Å². The highest BCUT2D eigenvalue weighted by molar-refractivity contribution is 5.92. The Morgan fingerprint density at radius 1 is 0.926 bits per heavy atom. The highest BCUT2D eigenvalue weighted by Crippen LogP contribution is 2.29. The molecule has 0 fully saturated rings. The van der Waals surface area contributed by atoms with Gasteiger partial charge >= 0.3 is 0 Å². The first-order valence-corrected chi connectivity index (χ1v) is 8.63. The van der Waals surface area contributed by atoms with Crippen LogP contribution in [-0.4, -0.2) is 19.6 Å².